The summed E-state index contributed by atoms with van der Waals surface area (Å²) in [6.07, 6.45) is 4.55. The molecule has 0 amide bonds. The molecular weight excluding hydrogens is 315 g/mol. The minimum atomic E-state index is -1.41. The average molecular weight is 328 g/mol. The number of nitrogens with zero attached hydrogens (tertiary/aromatic N) is 2. The molecule has 122 valence electrons. The predicted molar refractivity (Wildman–Crippen MR) is 85.9 cm³/mol. The summed E-state index contributed by atoms with van der Waals surface area (Å²) in [4.78, 5) is 27.3. The maximum Gasteiger partial charge on any atom is 0.342 e. The Hall–Kier alpha value is -3.22. The second kappa shape index (κ2) is 5.77. The quantitative estimate of drug-likeness (QED) is 0.798. The van der Waals surface area contributed by atoms with E-state index in [-0.39, 0.29) is 11.3 Å². The molecule has 0 bridgehead atoms. The molecule has 0 unspecified atom stereocenters. The Labute approximate surface area is 135 Å². The number of halogens is 1. The number of carbonyl (C=O) groups is 1. The molecule has 0 saturated carbocycles. The molecule has 3 rings (SSSR count). The largest absolute Gasteiger partial charge is 0.496 e. The van der Waals surface area contributed by atoms with Gasteiger partial charge in [0.15, 0.2) is 0 Å². The number of pyridine rings is 2. The number of carboxylic acids is 1. The van der Waals surface area contributed by atoms with E-state index in [1.807, 2.05) is 0 Å². The van der Waals surface area contributed by atoms with E-state index in [1.54, 1.807) is 19.3 Å². The first-order valence-corrected chi connectivity index (χ1v) is 6.98. The molecule has 0 aliphatic rings. The van der Waals surface area contributed by atoms with E-state index in [0.717, 1.165) is 6.07 Å². The van der Waals surface area contributed by atoms with Crippen LogP contribution < -0.4 is 10.3 Å². The van der Waals surface area contributed by atoms with Crippen LogP contribution >= 0.6 is 0 Å². The number of hydrogen-bond donors (Lipinski definition) is 1. The Bertz CT molecular complexity index is 1030. The third kappa shape index (κ3) is 2.40. The van der Waals surface area contributed by atoms with Crippen molar-refractivity contribution in [2.45, 2.75) is 0 Å². The lowest BCUT2D eigenvalue weighted by Gasteiger charge is -2.12. The molecule has 2 heterocycles. The van der Waals surface area contributed by atoms with Gasteiger partial charge in [0.25, 0.3) is 5.56 Å². The number of rotatable bonds is 3. The Morgan fingerprint density at radius 3 is 2.75 bits per heavy atom. The number of hydrogen-bond acceptors (Lipinski definition) is 4. The minimum absolute atomic E-state index is 0.0893. The van der Waals surface area contributed by atoms with Crippen LogP contribution in [-0.2, 0) is 7.05 Å². The highest BCUT2D eigenvalue weighted by molar-refractivity contribution is 5.97. The fourth-order valence-electron chi connectivity index (χ4n) is 2.65. The molecule has 0 aliphatic carbocycles. The van der Waals surface area contributed by atoms with Gasteiger partial charge in [-0.2, -0.15) is 0 Å². The van der Waals surface area contributed by atoms with Gasteiger partial charge in [-0.3, -0.25) is 9.78 Å². The number of ether oxygens (including phenoxy) is 1. The summed E-state index contributed by atoms with van der Waals surface area (Å²) in [5.41, 5.74) is 0.221. The minimum Gasteiger partial charge on any atom is -0.496 e. The number of benzene rings is 1. The molecule has 0 spiro atoms. The van der Waals surface area contributed by atoms with Crippen LogP contribution in [0.15, 0.2) is 41.6 Å². The third-order valence-corrected chi connectivity index (χ3v) is 3.78. The standard InChI is InChI=1S/C17H13FN2O4/c1-20-8-12(10-3-4-19-7-11(10)16(20)21)9-5-13(18)15(17(22)23)14(6-9)24-2/h3-8H,1-2H3,(H,22,23). The van der Waals surface area contributed by atoms with Gasteiger partial charge >= 0.3 is 5.97 Å². The first-order valence-electron chi connectivity index (χ1n) is 6.98. The highest BCUT2D eigenvalue weighted by atomic mass is 19.1. The van der Waals surface area contributed by atoms with Gasteiger partial charge in [0, 0.05) is 31.2 Å². The monoisotopic (exact) mass is 328 g/mol. The summed E-state index contributed by atoms with van der Waals surface area (Å²) < 4.78 is 20.7. The first-order chi connectivity index (χ1) is 11.4. The smallest absolute Gasteiger partial charge is 0.342 e. The van der Waals surface area contributed by atoms with Gasteiger partial charge in [-0.25, -0.2) is 9.18 Å². The topological polar surface area (TPSA) is 81.4 Å². The van der Waals surface area contributed by atoms with Crippen LogP contribution in [0.4, 0.5) is 4.39 Å². The zero-order valence-corrected chi connectivity index (χ0v) is 12.9. The van der Waals surface area contributed by atoms with Crippen LogP contribution in [0, 0.1) is 5.82 Å². The molecular formula is C17H13FN2O4. The summed E-state index contributed by atoms with van der Waals surface area (Å²) in [5.74, 6) is -2.41. The Morgan fingerprint density at radius 1 is 1.33 bits per heavy atom. The SMILES string of the molecule is COc1cc(-c2cn(C)c(=O)c3cnccc23)cc(F)c1C(=O)O. The van der Waals surface area contributed by atoms with E-state index in [0.29, 0.717) is 21.9 Å². The zero-order chi connectivity index (χ0) is 17.4. The van der Waals surface area contributed by atoms with Crippen LogP contribution in [0.5, 0.6) is 5.75 Å². The fourth-order valence-corrected chi connectivity index (χ4v) is 2.65. The average Bonchev–Trinajstić information content (AvgIpc) is 2.57. The Balaban J connectivity index is 2.37. The number of methoxy groups -OCH3 is 1. The summed E-state index contributed by atoms with van der Waals surface area (Å²) in [6.45, 7) is 0. The molecule has 0 saturated heterocycles. The van der Waals surface area contributed by atoms with Gasteiger partial charge in [-0.05, 0) is 29.1 Å². The fraction of sp³-hybridized carbons (Fsp3) is 0.118. The number of aromatic nitrogens is 2. The lowest BCUT2D eigenvalue weighted by atomic mass is 9.99. The van der Waals surface area contributed by atoms with Gasteiger partial charge < -0.3 is 14.4 Å². The predicted octanol–water partition coefficient (Wildman–Crippen LogP) is 2.45. The number of aromatic carboxylic acids is 1. The van der Waals surface area contributed by atoms with Crippen LogP contribution in [-0.4, -0.2) is 27.7 Å². The van der Waals surface area contributed by atoms with E-state index in [2.05, 4.69) is 4.98 Å². The lowest BCUT2D eigenvalue weighted by molar-refractivity contribution is 0.0688. The van der Waals surface area contributed by atoms with E-state index < -0.39 is 17.3 Å². The summed E-state index contributed by atoms with van der Waals surface area (Å²) in [6, 6.07) is 4.21. The highest BCUT2D eigenvalue weighted by Crippen LogP contribution is 2.32. The summed E-state index contributed by atoms with van der Waals surface area (Å²) in [5, 5.41) is 10.1. The number of carboxylic acid groups (broad SMARTS) is 1. The van der Waals surface area contributed by atoms with Crippen molar-refractivity contribution in [1.82, 2.24) is 9.55 Å². The van der Waals surface area contributed by atoms with Crippen molar-refractivity contribution < 1.29 is 19.0 Å². The van der Waals surface area contributed by atoms with Crippen LogP contribution in [0.1, 0.15) is 10.4 Å². The number of aryl methyl sites for hydroxylation is 1. The van der Waals surface area contributed by atoms with Gasteiger partial charge in [0.05, 0.1) is 12.5 Å². The molecule has 0 fully saturated rings. The summed E-state index contributed by atoms with van der Waals surface area (Å²) >= 11 is 0. The molecule has 6 nitrogen and oxygen atoms in total. The van der Waals surface area contributed by atoms with Gasteiger partial charge in [0.1, 0.15) is 17.1 Å². The second-order valence-corrected chi connectivity index (χ2v) is 5.22. The van der Waals surface area contributed by atoms with E-state index >= 15 is 0 Å². The van der Waals surface area contributed by atoms with Crippen LogP contribution in [0.2, 0.25) is 0 Å². The highest BCUT2D eigenvalue weighted by Gasteiger charge is 2.20. The molecule has 2 aromatic heterocycles. The molecule has 7 heteroatoms. The zero-order valence-electron chi connectivity index (χ0n) is 12.9. The van der Waals surface area contributed by atoms with Crippen molar-refractivity contribution in [3.8, 4) is 16.9 Å². The van der Waals surface area contributed by atoms with Crippen LogP contribution in [0.3, 0.4) is 0 Å². The van der Waals surface area contributed by atoms with Gasteiger partial charge in [-0.1, -0.05) is 0 Å². The molecule has 0 radical (unpaired) electrons. The second-order valence-electron chi connectivity index (χ2n) is 5.22. The molecule has 1 aromatic carbocycles. The Morgan fingerprint density at radius 2 is 2.08 bits per heavy atom. The van der Waals surface area contributed by atoms with E-state index in [4.69, 9.17) is 9.84 Å². The van der Waals surface area contributed by atoms with Crippen LogP contribution in [0.25, 0.3) is 21.9 Å². The van der Waals surface area contributed by atoms with Gasteiger partial charge in [-0.15, -0.1) is 0 Å². The van der Waals surface area contributed by atoms with Crippen molar-refractivity contribution in [2.75, 3.05) is 7.11 Å². The maximum absolute atomic E-state index is 14.3. The maximum atomic E-state index is 14.3. The number of fused-ring (bicyclic) bond motifs is 1. The summed E-state index contributed by atoms with van der Waals surface area (Å²) in [7, 11) is 2.85. The van der Waals surface area contributed by atoms with Crippen molar-refractivity contribution >= 4 is 16.7 Å². The van der Waals surface area contributed by atoms with E-state index in [1.165, 1.54) is 30.1 Å². The third-order valence-electron chi connectivity index (χ3n) is 3.78. The molecule has 1 N–H and O–H groups in total. The molecule has 0 atom stereocenters. The van der Waals surface area contributed by atoms with Crippen molar-refractivity contribution in [3.05, 3.63) is 58.5 Å². The lowest BCUT2D eigenvalue weighted by Crippen LogP contribution is -2.16. The van der Waals surface area contributed by atoms with Crippen molar-refractivity contribution in [3.63, 3.8) is 0 Å². The van der Waals surface area contributed by atoms with E-state index in [9.17, 15) is 14.0 Å². The molecule has 3 aromatic rings. The van der Waals surface area contributed by atoms with Gasteiger partial charge in [0.2, 0.25) is 0 Å². The molecule has 0 aliphatic heterocycles. The van der Waals surface area contributed by atoms with Crippen molar-refractivity contribution in [1.29, 1.82) is 0 Å². The Kier molecular flexibility index (Phi) is 3.76. The van der Waals surface area contributed by atoms with Crippen molar-refractivity contribution in [2.24, 2.45) is 7.05 Å². The first kappa shape index (κ1) is 15.7. The normalized spacial score (nSPS) is 10.8. The molecule has 24 heavy (non-hydrogen) atoms.